The molecule has 112 valence electrons. The molecule has 1 aromatic carbocycles. The predicted molar refractivity (Wildman–Crippen MR) is 79.1 cm³/mol. The van der Waals surface area contributed by atoms with Crippen LogP contribution in [0.2, 0.25) is 0 Å². The minimum atomic E-state index is -0.424. The molecule has 0 saturated carbocycles. The van der Waals surface area contributed by atoms with Gasteiger partial charge in [0, 0.05) is 7.05 Å². The minimum Gasteiger partial charge on any atom is -0.485 e. The molecular weight excluding hydrogens is 270 g/mol. The predicted octanol–water partition coefficient (Wildman–Crippen LogP) is 1.93. The molecule has 1 aromatic heterocycles. The molecular formula is C15H19N3O3. The summed E-state index contributed by atoms with van der Waals surface area (Å²) in [6, 6.07) is 6.83. The first-order valence-electron chi connectivity index (χ1n) is 6.67. The van der Waals surface area contributed by atoms with Crippen LogP contribution in [0, 0.1) is 0 Å². The number of rotatable bonds is 5. The van der Waals surface area contributed by atoms with Crippen LogP contribution in [0.25, 0.3) is 0 Å². The first kappa shape index (κ1) is 14.9. The number of aryl methyl sites for hydroxylation is 2. The zero-order valence-electron chi connectivity index (χ0n) is 12.4. The van der Waals surface area contributed by atoms with Crippen molar-refractivity contribution in [3.8, 4) is 5.75 Å². The van der Waals surface area contributed by atoms with E-state index in [1.807, 2.05) is 13.1 Å². The number of carbonyl (C=O) groups is 1. The number of benzene rings is 1. The lowest BCUT2D eigenvalue weighted by Gasteiger charge is -2.10. The molecule has 2 aromatic rings. The maximum atomic E-state index is 11.4. The summed E-state index contributed by atoms with van der Waals surface area (Å²) < 4.78 is 12.1. The van der Waals surface area contributed by atoms with Crippen LogP contribution in [0.15, 0.2) is 24.3 Å². The van der Waals surface area contributed by atoms with Crippen LogP contribution in [0.5, 0.6) is 5.75 Å². The topological polar surface area (TPSA) is 79.4 Å². The van der Waals surface area contributed by atoms with Gasteiger partial charge in [0.05, 0.1) is 29.7 Å². The van der Waals surface area contributed by atoms with Gasteiger partial charge in [0.1, 0.15) is 12.4 Å². The Morgan fingerprint density at radius 3 is 2.71 bits per heavy atom. The van der Waals surface area contributed by atoms with E-state index >= 15 is 0 Å². The third-order valence-corrected chi connectivity index (χ3v) is 3.20. The fourth-order valence-electron chi connectivity index (χ4n) is 1.96. The van der Waals surface area contributed by atoms with E-state index in [-0.39, 0.29) is 0 Å². The summed E-state index contributed by atoms with van der Waals surface area (Å²) in [4.78, 5) is 11.4. The van der Waals surface area contributed by atoms with Crippen molar-refractivity contribution < 1.29 is 14.3 Å². The Kier molecular flexibility index (Phi) is 4.47. The quantitative estimate of drug-likeness (QED) is 0.672. The second-order valence-corrected chi connectivity index (χ2v) is 4.64. The third-order valence-electron chi connectivity index (χ3n) is 3.20. The van der Waals surface area contributed by atoms with E-state index in [0.717, 1.165) is 17.8 Å². The number of methoxy groups -OCH3 is 1. The zero-order valence-corrected chi connectivity index (χ0v) is 12.4. The lowest BCUT2D eigenvalue weighted by molar-refractivity contribution is 0.0600. The number of carbonyl (C=O) groups excluding carboxylic acids is 1. The Labute approximate surface area is 123 Å². The number of hydrogen-bond donors (Lipinski definition) is 1. The van der Waals surface area contributed by atoms with Gasteiger partial charge in [0.25, 0.3) is 0 Å². The highest BCUT2D eigenvalue weighted by Crippen LogP contribution is 2.24. The van der Waals surface area contributed by atoms with Crippen LogP contribution in [0.3, 0.4) is 0 Å². The summed E-state index contributed by atoms with van der Waals surface area (Å²) in [7, 11) is 3.21. The van der Waals surface area contributed by atoms with E-state index in [0.29, 0.717) is 23.6 Å². The van der Waals surface area contributed by atoms with Gasteiger partial charge in [0.2, 0.25) is 0 Å². The number of esters is 1. The number of anilines is 1. The number of nitrogens with two attached hydrogens (primary N) is 1. The molecule has 1 heterocycles. The molecule has 0 atom stereocenters. The second kappa shape index (κ2) is 6.30. The lowest BCUT2D eigenvalue weighted by atomic mass is 10.2. The molecule has 6 heteroatoms. The van der Waals surface area contributed by atoms with Crippen LogP contribution in [0.4, 0.5) is 5.69 Å². The van der Waals surface area contributed by atoms with Gasteiger partial charge in [-0.25, -0.2) is 4.79 Å². The minimum absolute atomic E-state index is 0.366. The molecule has 0 radical (unpaired) electrons. The highest BCUT2D eigenvalue weighted by molar-refractivity contribution is 5.90. The lowest BCUT2D eigenvalue weighted by Crippen LogP contribution is -2.06. The summed E-state index contributed by atoms with van der Waals surface area (Å²) in [5.74, 6) is 0.106. The van der Waals surface area contributed by atoms with Gasteiger partial charge in [-0.3, -0.25) is 4.68 Å². The Bertz CT molecular complexity index is 650. The number of ether oxygens (including phenoxy) is 2. The van der Waals surface area contributed by atoms with Crippen molar-refractivity contribution in [3.63, 3.8) is 0 Å². The Balaban J connectivity index is 2.09. The SMILES string of the molecule is CCc1cc(COc2ccc(C(=O)OC)cc2N)n(C)n1. The summed E-state index contributed by atoms with van der Waals surface area (Å²) in [6.07, 6.45) is 0.879. The average Bonchev–Trinajstić information content (AvgIpc) is 2.85. The Hall–Kier alpha value is -2.50. The molecule has 2 rings (SSSR count). The van der Waals surface area contributed by atoms with Crippen molar-refractivity contribution in [2.45, 2.75) is 20.0 Å². The van der Waals surface area contributed by atoms with Gasteiger partial charge in [-0.15, -0.1) is 0 Å². The summed E-state index contributed by atoms with van der Waals surface area (Å²) >= 11 is 0. The first-order chi connectivity index (χ1) is 10.0. The fourth-order valence-corrected chi connectivity index (χ4v) is 1.96. The van der Waals surface area contributed by atoms with Crippen molar-refractivity contribution in [1.29, 1.82) is 0 Å². The van der Waals surface area contributed by atoms with Crippen molar-refractivity contribution in [2.24, 2.45) is 7.05 Å². The molecule has 21 heavy (non-hydrogen) atoms. The monoisotopic (exact) mass is 289 g/mol. The number of nitrogens with zero attached hydrogens (tertiary/aromatic N) is 2. The van der Waals surface area contributed by atoms with Gasteiger partial charge in [0.15, 0.2) is 0 Å². The van der Waals surface area contributed by atoms with Crippen LogP contribution in [-0.2, 0) is 24.8 Å². The maximum absolute atomic E-state index is 11.4. The smallest absolute Gasteiger partial charge is 0.337 e. The van der Waals surface area contributed by atoms with E-state index in [4.69, 9.17) is 10.5 Å². The number of aromatic nitrogens is 2. The Morgan fingerprint density at radius 2 is 2.14 bits per heavy atom. The summed E-state index contributed by atoms with van der Waals surface area (Å²) in [6.45, 7) is 2.42. The second-order valence-electron chi connectivity index (χ2n) is 4.64. The normalized spacial score (nSPS) is 10.4. The van der Waals surface area contributed by atoms with E-state index < -0.39 is 5.97 Å². The number of hydrogen-bond acceptors (Lipinski definition) is 5. The zero-order chi connectivity index (χ0) is 15.4. The highest BCUT2D eigenvalue weighted by Gasteiger charge is 2.10. The van der Waals surface area contributed by atoms with Gasteiger partial charge in [-0.2, -0.15) is 5.10 Å². The van der Waals surface area contributed by atoms with Crippen molar-refractivity contribution in [3.05, 3.63) is 41.2 Å². The molecule has 2 N–H and O–H groups in total. The summed E-state index contributed by atoms with van der Waals surface area (Å²) in [5.41, 5.74) is 8.67. The van der Waals surface area contributed by atoms with Crippen LogP contribution in [-0.4, -0.2) is 22.9 Å². The van der Waals surface area contributed by atoms with Crippen molar-refractivity contribution >= 4 is 11.7 Å². The first-order valence-corrected chi connectivity index (χ1v) is 6.67. The van der Waals surface area contributed by atoms with Crippen LogP contribution < -0.4 is 10.5 Å². The molecule has 0 amide bonds. The standard InChI is InChI=1S/C15H19N3O3/c1-4-11-8-12(18(2)17-11)9-21-14-6-5-10(7-13(14)16)15(19)20-3/h5-8H,4,9,16H2,1-3H3. The molecule has 0 fully saturated rings. The molecule has 0 unspecified atom stereocenters. The highest BCUT2D eigenvalue weighted by atomic mass is 16.5. The molecule has 0 aliphatic carbocycles. The molecule has 0 aliphatic heterocycles. The van der Waals surface area contributed by atoms with E-state index in [2.05, 4.69) is 16.8 Å². The molecule has 0 spiro atoms. The maximum Gasteiger partial charge on any atom is 0.337 e. The van der Waals surface area contributed by atoms with E-state index in [1.54, 1.807) is 22.9 Å². The van der Waals surface area contributed by atoms with Gasteiger partial charge in [-0.05, 0) is 30.7 Å². The van der Waals surface area contributed by atoms with Crippen molar-refractivity contribution in [2.75, 3.05) is 12.8 Å². The van der Waals surface area contributed by atoms with Crippen LogP contribution >= 0.6 is 0 Å². The fraction of sp³-hybridized carbons (Fsp3) is 0.333. The molecule has 0 bridgehead atoms. The average molecular weight is 289 g/mol. The van der Waals surface area contributed by atoms with Crippen LogP contribution in [0.1, 0.15) is 28.7 Å². The third kappa shape index (κ3) is 3.34. The Morgan fingerprint density at radius 1 is 1.38 bits per heavy atom. The molecule has 0 aliphatic rings. The van der Waals surface area contributed by atoms with E-state index in [1.165, 1.54) is 7.11 Å². The van der Waals surface area contributed by atoms with E-state index in [9.17, 15) is 4.79 Å². The largest absolute Gasteiger partial charge is 0.485 e. The summed E-state index contributed by atoms with van der Waals surface area (Å²) in [5, 5.41) is 4.36. The van der Waals surface area contributed by atoms with Crippen molar-refractivity contribution in [1.82, 2.24) is 9.78 Å². The van der Waals surface area contributed by atoms with Gasteiger partial charge in [-0.1, -0.05) is 6.92 Å². The van der Waals surface area contributed by atoms with Gasteiger partial charge < -0.3 is 15.2 Å². The molecule has 0 saturated heterocycles. The molecule has 6 nitrogen and oxygen atoms in total. The number of nitrogen functional groups attached to an aromatic ring is 1. The van der Waals surface area contributed by atoms with Gasteiger partial charge >= 0.3 is 5.97 Å².